The molecule has 0 saturated carbocycles. The molecule has 0 unspecified atom stereocenters. The molecule has 2 heterocycles. The van der Waals surface area contributed by atoms with Crippen LogP contribution in [0.1, 0.15) is 15.9 Å². The lowest BCUT2D eigenvalue weighted by atomic mass is 10.1. The van der Waals surface area contributed by atoms with Gasteiger partial charge in [-0.2, -0.15) is 0 Å². The summed E-state index contributed by atoms with van der Waals surface area (Å²) < 4.78 is 1.95. The number of carbonyl (C=O) groups is 1. The number of pyridine rings is 1. The first-order valence-corrected chi connectivity index (χ1v) is 9.31. The van der Waals surface area contributed by atoms with Gasteiger partial charge in [-0.15, -0.1) is 0 Å². The van der Waals surface area contributed by atoms with Gasteiger partial charge >= 0.3 is 0 Å². The summed E-state index contributed by atoms with van der Waals surface area (Å²) in [6.45, 7) is 0.499. The molecule has 7 heteroatoms. The van der Waals surface area contributed by atoms with Gasteiger partial charge in [-0.3, -0.25) is 4.79 Å². The Bertz CT molecular complexity index is 1150. The number of rotatable bonds is 6. The highest BCUT2D eigenvalue weighted by Crippen LogP contribution is 2.20. The van der Waals surface area contributed by atoms with E-state index in [1.165, 1.54) is 0 Å². The molecule has 0 atom stereocenters. The van der Waals surface area contributed by atoms with Crippen molar-refractivity contribution in [3.05, 3.63) is 78.0 Å². The molecule has 146 valence electrons. The number of aromatic hydroxyl groups is 1. The number of para-hydroxylation sites is 2. The fourth-order valence-corrected chi connectivity index (χ4v) is 3.10. The smallest absolute Gasteiger partial charge is 0.251 e. The normalized spacial score (nSPS) is 10.8. The van der Waals surface area contributed by atoms with E-state index < -0.39 is 0 Å². The molecule has 0 aliphatic heterocycles. The van der Waals surface area contributed by atoms with Gasteiger partial charge in [-0.25, -0.2) is 9.97 Å². The number of hydrogen-bond donors (Lipinski definition) is 3. The maximum absolute atomic E-state index is 12.5. The van der Waals surface area contributed by atoms with Crippen LogP contribution < -0.4 is 10.6 Å². The zero-order valence-corrected chi connectivity index (χ0v) is 16.0. The van der Waals surface area contributed by atoms with Crippen LogP contribution in [-0.2, 0) is 13.5 Å². The van der Waals surface area contributed by atoms with Gasteiger partial charge in [-0.05, 0) is 48.4 Å². The number of anilines is 2. The molecule has 2 aromatic heterocycles. The first kappa shape index (κ1) is 18.5. The number of amides is 1. The molecule has 0 fully saturated rings. The highest BCUT2D eigenvalue weighted by atomic mass is 16.3. The second kappa shape index (κ2) is 8.02. The lowest BCUT2D eigenvalue weighted by Gasteiger charge is -2.08. The van der Waals surface area contributed by atoms with Crippen LogP contribution in [0.4, 0.5) is 11.8 Å². The number of phenolic OH excluding ortho intramolecular Hbond substituents is 1. The predicted molar refractivity (Wildman–Crippen MR) is 112 cm³/mol. The molecule has 0 saturated heterocycles. The van der Waals surface area contributed by atoms with Crippen molar-refractivity contribution in [1.82, 2.24) is 19.9 Å². The topological polar surface area (TPSA) is 92.1 Å². The Morgan fingerprint density at radius 1 is 1.10 bits per heavy atom. The van der Waals surface area contributed by atoms with E-state index in [1.54, 1.807) is 30.5 Å². The van der Waals surface area contributed by atoms with Crippen LogP contribution in [0.3, 0.4) is 0 Å². The number of imidazole rings is 1. The Labute approximate surface area is 168 Å². The van der Waals surface area contributed by atoms with Crippen LogP contribution in [0.15, 0.2) is 66.9 Å². The first-order valence-electron chi connectivity index (χ1n) is 9.31. The molecule has 29 heavy (non-hydrogen) atoms. The Morgan fingerprint density at radius 2 is 1.90 bits per heavy atom. The highest BCUT2D eigenvalue weighted by Gasteiger charge is 2.10. The number of nitrogens with zero attached hydrogens (tertiary/aromatic N) is 3. The molecule has 4 rings (SSSR count). The summed E-state index contributed by atoms with van der Waals surface area (Å²) in [5, 5.41) is 15.4. The summed E-state index contributed by atoms with van der Waals surface area (Å²) in [6, 6.07) is 18.2. The Kier molecular flexibility index (Phi) is 5.11. The zero-order valence-electron chi connectivity index (χ0n) is 16.0. The fraction of sp³-hybridized carbons (Fsp3) is 0.136. The van der Waals surface area contributed by atoms with Gasteiger partial charge in [0.25, 0.3) is 5.91 Å². The molecular formula is C22H21N5O2. The molecule has 3 N–H and O–H groups in total. The Morgan fingerprint density at radius 3 is 2.69 bits per heavy atom. The number of hydrogen-bond acceptors (Lipinski definition) is 5. The van der Waals surface area contributed by atoms with Gasteiger partial charge in [0.2, 0.25) is 5.95 Å². The van der Waals surface area contributed by atoms with Crippen molar-refractivity contribution in [2.75, 3.05) is 11.9 Å². The van der Waals surface area contributed by atoms with E-state index in [0.717, 1.165) is 16.6 Å². The Balaban J connectivity index is 1.41. The van der Waals surface area contributed by atoms with Crippen molar-refractivity contribution >= 4 is 28.7 Å². The highest BCUT2D eigenvalue weighted by molar-refractivity contribution is 5.95. The number of nitrogens with one attached hydrogen (secondary N) is 2. The monoisotopic (exact) mass is 387 g/mol. The van der Waals surface area contributed by atoms with Crippen LogP contribution >= 0.6 is 0 Å². The van der Waals surface area contributed by atoms with Crippen LogP contribution in [0.2, 0.25) is 0 Å². The third kappa shape index (κ3) is 4.19. The standard InChI is InChI=1S/C22H21N5O2/c1-27-19-5-3-2-4-18(19)25-22(27)26-20-14-16(11-13-23-20)21(29)24-12-10-15-6-8-17(28)9-7-15/h2-9,11,13-14,28H,10,12H2,1H3,(H,24,29)(H,23,25,26). The second-order valence-corrected chi connectivity index (χ2v) is 6.71. The molecule has 0 radical (unpaired) electrons. The fourth-order valence-electron chi connectivity index (χ4n) is 3.10. The third-order valence-electron chi connectivity index (χ3n) is 4.68. The van der Waals surface area contributed by atoms with Gasteiger partial charge < -0.3 is 20.3 Å². The molecule has 0 spiro atoms. The van der Waals surface area contributed by atoms with Crippen LogP contribution in [0.25, 0.3) is 11.0 Å². The molecule has 0 bridgehead atoms. The maximum Gasteiger partial charge on any atom is 0.251 e. The number of phenols is 1. The largest absolute Gasteiger partial charge is 0.508 e. The summed E-state index contributed by atoms with van der Waals surface area (Å²) in [6.07, 6.45) is 2.28. The molecule has 0 aliphatic carbocycles. The SMILES string of the molecule is Cn1c(Nc2cc(C(=O)NCCc3ccc(O)cc3)ccn2)nc2ccccc21. The van der Waals surface area contributed by atoms with E-state index in [1.807, 2.05) is 48.0 Å². The lowest BCUT2D eigenvalue weighted by Crippen LogP contribution is -2.25. The average Bonchev–Trinajstić information content (AvgIpc) is 3.05. The van der Waals surface area contributed by atoms with Crippen molar-refractivity contribution in [1.29, 1.82) is 0 Å². The van der Waals surface area contributed by atoms with Crippen molar-refractivity contribution < 1.29 is 9.90 Å². The third-order valence-corrected chi connectivity index (χ3v) is 4.68. The summed E-state index contributed by atoms with van der Waals surface area (Å²) in [5.74, 6) is 1.27. The van der Waals surface area contributed by atoms with Crippen molar-refractivity contribution in [3.8, 4) is 5.75 Å². The van der Waals surface area contributed by atoms with Crippen LogP contribution in [0, 0.1) is 0 Å². The molecular weight excluding hydrogens is 366 g/mol. The van der Waals surface area contributed by atoms with E-state index in [4.69, 9.17) is 0 Å². The predicted octanol–water partition coefficient (Wildman–Crippen LogP) is 3.39. The van der Waals surface area contributed by atoms with Gasteiger partial charge in [0.15, 0.2) is 0 Å². The zero-order chi connectivity index (χ0) is 20.2. The molecule has 4 aromatic rings. The number of benzene rings is 2. The summed E-state index contributed by atoms with van der Waals surface area (Å²) in [4.78, 5) is 21.3. The van der Waals surface area contributed by atoms with E-state index in [9.17, 15) is 9.90 Å². The van der Waals surface area contributed by atoms with Crippen LogP contribution in [-0.4, -0.2) is 32.1 Å². The molecule has 7 nitrogen and oxygen atoms in total. The molecule has 0 aliphatic rings. The van der Waals surface area contributed by atoms with E-state index in [0.29, 0.717) is 30.3 Å². The minimum absolute atomic E-state index is 0.167. The first-order chi connectivity index (χ1) is 14.1. The van der Waals surface area contributed by atoms with Gasteiger partial charge in [0.05, 0.1) is 11.0 Å². The van der Waals surface area contributed by atoms with Crippen molar-refractivity contribution in [2.45, 2.75) is 6.42 Å². The van der Waals surface area contributed by atoms with E-state index >= 15 is 0 Å². The summed E-state index contributed by atoms with van der Waals surface area (Å²) in [7, 11) is 1.93. The minimum atomic E-state index is -0.167. The number of aromatic nitrogens is 3. The lowest BCUT2D eigenvalue weighted by molar-refractivity contribution is 0.0954. The minimum Gasteiger partial charge on any atom is -0.508 e. The number of carbonyl (C=O) groups excluding carboxylic acids is 1. The van der Waals surface area contributed by atoms with Crippen LogP contribution in [0.5, 0.6) is 5.75 Å². The summed E-state index contributed by atoms with van der Waals surface area (Å²) in [5.41, 5.74) is 3.47. The van der Waals surface area contributed by atoms with E-state index in [2.05, 4.69) is 20.6 Å². The van der Waals surface area contributed by atoms with Gasteiger partial charge in [0.1, 0.15) is 11.6 Å². The Hall–Kier alpha value is -3.87. The number of fused-ring (bicyclic) bond motifs is 1. The molecule has 2 aromatic carbocycles. The summed E-state index contributed by atoms with van der Waals surface area (Å²) >= 11 is 0. The average molecular weight is 387 g/mol. The second-order valence-electron chi connectivity index (χ2n) is 6.71. The van der Waals surface area contributed by atoms with E-state index in [-0.39, 0.29) is 11.7 Å². The van der Waals surface area contributed by atoms with Crippen molar-refractivity contribution in [3.63, 3.8) is 0 Å². The van der Waals surface area contributed by atoms with Gasteiger partial charge in [0, 0.05) is 25.4 Å². The quantitative estimate of drug-likeness (QED) is 0.472. The number of aryl methyl sites for hydroxylation is 1. The molecule has 1 amide bonds. The maximum atomic E-state index is 12.5. The van der Waals surface area contributed by atoms with Gasteiger partial charge in [-0.1, -0.05) is 24.3 Å². The van der Waals surface area contributed by atoms with Crippen molar-refractivity contribution in [2.24, 2.45) is 7.05 Å².